The second-order valence-corrected chi connectivity index (χ2v) is 10.6. The SMILES string of the molecule is CC(N[C@H](C)CCCc1ccc(CCCCNC(=N)NC(=O)c2nc(Cl)c(N)nc2N)cc1)C(O)c1ccccc1. The van der Waals surface area contributed by atoms with Crippen molar-refractivity contribution >= 4 is 35.1 Å². The molecule has 0 aliphatic rings. The van der Waals surface area contributed by atoms with Crippen LogP contribution in [0.4, 0.5) is 11.6 Å². The number of amides is 1. The van der Waals surface area contributed by atoms with Crippen LogP contribution in [0.1, 0.15) is 72.8 Å². The van der Waals surface area contributed by atoms with Gasteiger partial charge in [-0.05, 0) is 69.1 Å². The number of aliphatic hydroxyl groups excluding tert-OH is 1. The summed E-state index contributed by atoms with van der Waals surface area (Å²) in [5.74, 6) is -1.05. The van der Waals surface area contributed by atoms with Gasteiger partial charge in [0.2, 0.25) is 0 Å². The van der Waals surface area contributed by atoms with E-state index in [4.69, 9.17) is 28.5 Å². The van der Waals surface area contributed by atoms with Crippen LogP contribution in [0.2, 0.25) is 5.15 Å². The van der Waals surface area contributed by atoms with Gasteiger partial charge in [-0.15, -0.1) is 0 Å². The minimum Gasteiger partial charge on any atom is -0.387 e. The fourth-order valence-electron chi connectivity index (χ4n) is 4.54. The lowest BCUT2D eigenvalue weighted by molar-refractivity contribution is 0.0971. The van der Waals surface area contributed by atoms with Gasteiger partial charge in [-0.3, -0.25) is 15.5 Å². The molecule has 41 heavy (non-hydrogen) atoms. The zero-order chi connectivity index (χ0) is 29.8. The summed E-state index contributed by atoms with van der Waals surface area (Å²) in [6, 6.07) is 18.8. The van der Waals surface area contributed by atoms with Gasteiger partial charge >= 0.3 is 0 Å². The Morgan fingerprint density at radius 2 is 1.59 bits per heavy atom. The van der Waals surface area contributed by atoms with Crippen molar-refractivity contribution in [3.63, 3.8) is 0 Å². The number of aromatic nitrogens is 2. The molecule has 9 N–H and O–H groups in total. The molecule has 3 aromatic rings. The van der Waals surface area contributed by atoms with E-state index in [1.165, 1.54) is 11.1 Å². The molecule has 220 valence electrons. The average Bonchev–Trinajstić information content (AvgIpc) is 2.95. The molecule has 1 aromatic heterocycles. The molecule has 0 saturated carbocycles. The van der Waals surface area contributed by atoms with Crippen LogP contribution in [-0.4, -0.2) is 45.6 Å². The van der Waals surface area contributed by atoms with Crippen molar-refractivity contribution in [3.05, 3.63) is 82.1 Å². The van der Waals surface area contributed by atoms with Gasteiger partial charge in [-0.2, -0.15) is 0 Å². The fourth-order valence-corrected chi connectivity index (χ4v) is 4.67. The molecule has 1 heterocycles. The van der Waals surface area contributed by atoms with Gasteiger partial charge in [-0.1, -0.05) is 66.2 Å². The first-order chi connectivity index (χ1) is 19.6. The fraction of sp³-hybridized carbons (Fsp3) is 0.400. The number of guanidine groups is 1. The van der Waals surface area contributed by atoms with E-state index in [1.807, 2.05) is 37.3 Å². The zero-order valence-corrected chi connectivity index (χ0v) is 24.4. The van der Waals surface area contributed by atoms with Crippen molar-refractivity contribution in [3.8, 4) is 0 Å². The third-order valence-electron chi connectivity index (χ3n) is 6.84. The summed E-state index contributed by atoms with van der Waals surface area (Å²) < 4.78 is 0. The highest BCUT2D eigenvalue weighted by molar-refractivity contribution is 6.31. The molecule has 0 saturated heterocycles. The Morgan fingerprint density at radius 1 is 0.951 bits per heavy atom. The van der Waals surface area contributed by atoms with E-state index in [0.29, 0.717) is 12.6 Å². The van der Waals surface area contributed by atoms with Crippen molar-refractivity contribution in [2.45, 2.75) is 70.6 Å². The number of nitrogens with zero attached hydrogens (tertiary/aromatic N) is 2. The van der Waals surface area contributed by atoms with E-state index < -0.39 is 12.0 Å². The van der Waals surface area contributed by atoms with E-state index in [1.54, 1.807) is 0 Å². The number of unbranched alkanes of at least 4 members (excludes halogenated alkanes) is 1. The maximum absolute atomic E-state index is 12.3. The Labute approximate surface area is 246 Å². The number of aryl methyl sites for hydroxylation is 2. The van der Waals surface area contributed by atoms with Gasteiger partial charge in [0, 0.05) is 18.6 Å². The van der Waals surface area contributed by atoms with Crippen LogP contribution in [0.25, 0.3) is 0 Å². The van der Waals surface area contributed by atoms with E-state index in [9.17, 15) is 9.90 Å². The summed E-state index contributed by atoms with van der Waals surface area (Å²) in [5.41, 5.74) is 14.5. The maximum Gasteiger partial charge on any atom is 0.280 e. The lowest BCUT2D eigenvalue weighted by atomic mass is 10.0. The lowest BCUT2D eigenvalue weighted by Crippen LogP contribution is -2.41. The molecule has 3 rings (SSSR count). The topological polar surface area (TPSA) is 175 Å². The van der Waals surface area contributed by atoms with Crippen LogP contribution in [0.15, 0.2) is 54.6 Å². The second kappa shape index (κ2) is 15.9. The number of carbonyl (C=O) groups excluding carboxylic acids is 1. The molecular weight excluding hydrogens is 540 g/mol. The van der Waals surface area contributed by atoms with Gasteiger partial charge < -0.3 is 27.2 Å². The molecular formula is C30H41ClN8O2. The van der Waals surface area contributed by atoms with Gasteiger partial charge in [0.15, 0.2) is 28.4 Å². The number of nitrogen functional groups attached to an aromatic ring is 2. The van der Waals surface area contributed by atoms with Gasteiger partial charge in [0.25, 0.3) is 5.91 Å². The lowest BCUT2D eigenvalue weighted by Gasteiger charge is -2.24. The highest BCUT2D eigenvalue weighted by atomic mass is 35.5. The summed E-state index contributed by atoms with van der Waals surface area (Å²) in [5, 5.41) is 27.1. The van der Waals surface area contributed by atoms with Crippen molar-refractivity contribution < 1.29 is 9.90 Å². The quantitative estimate of drug-likeness (QED) is 0.0850. The van der Waals surface area contributed by atoms with Gasteiger partial charge in [0.1, 0.15) is 0 Å². The Kier molecular flexibility index (Phi) is 12.3. The van der Waals surface area contributed by atoms with Gasteiger partial charge in [-0.25, -0.2) is 9.97 Å². The number of nitrogens with two attached hydrogens (primary N) is 2. The number of nitrogens with one attached hydrogen (secondary N) is 4. The third kappa shape index (κ3) is 10.3. The molecule has 0 bridgehead atoms. The average molecular weight is 581 g/mol. The summed E-state index contributed by atoms with van der Waals surface area (Å²) in [7, 11) is 0. The number of carbonyl (C=O) groups is 1. The predicted molar refractivity (Wildman–Crippen MR) is 165 cm³/mol. The number of hydrogen-bond acceptors (Lipinski definition) is 8. The van der Waals surface area contributed by atoms with Crippen LogP contribution in [-0.2, 0) is 12.8 Å². The van der Waals surface area contributed by atoms with Crippen LogP contribution >= 0.6 is 11.6 Å². The zero-order valence-electron chi connectivity index (χ0n) is 23.7. The molecule has 0 aliphatic heterocycles. The maximum atomic E-state index is 12.3. The Morgan fingerprint density at radius 3 is 2.24 bits per heavy atom. The first kappa shape index (κ1) is 31.8. The first-order valence-corrected chi connectivity index (χ1v) is 14.3. The Bertz CT molecular complexity index is 1270. The Balaban J connectivity index is 1.28. The summed E-state index contributed by atoms with van der Waals surface area (Å²) in [6.45, 7) is 4.73. The molecule has 3 atom stereocenters. The van der Waals surface area contributed by atoms with Gasteiger partial charge in [0.05, 0.1) is 6.10 Å². The number of rotatable bonds is 14. The van der Waals surface area contributed by atoms with Crippen molar-refractivity contribution in [2.24, 2.45) is 0 Å². The smallest absolute Gasteiger partial charge is 0.280 e. The molecule has 0 spiro atoms. The number of benzene rings is 2. The van der Waals surface area contributed by atoms with Crippen molar-refractivity contribution in [1.82, 2.24) is 25.9 Å². The van der Waals surface area contributed by atoms with Crippen molar-refractivity contribution in [2.75, 3.05) is 18.0 Å². The summed E-state index contributed by atoms with van der Waals surface area (Å²) in [6.07, 6.45) is 5.30. The second-order valence-electron chi connectivity index (χ2n) is 10.3. The van der Waals surface area contributed by atoms with Crippen molar-refractivity contribution in [1.29, 1.82) is 5.41 Å². The number of aliphatic hydroxyl groups is 1. The minimum atomic E-state index is -0.684. The Hall–Kier alpha value is -3.73. The number of anilines is 2. The van der Waals surface area contributed by atoms with E-state index in [-0.39, 0.29) is 34.5 Å². The monoisotopic (exact) mass is 580 g/mol. The molecule has 2 unspecified atom stereocenters. The number of halogens is 1. The predicted octanol–water partition coefficient (Wildman–Crippen LogP) is 3.99. The van der Waals surface area contributed by atoms with E-state index >= 15 is 0 Å². The van der Waals surface area contributed by atoms with Crippen LogP contribution < -0.4 is 27.4 Å². The van der Waals surface area contributed by atoms with E-state index in [2.05, 4.69) is 57.1 Å². The highest BCUT2D eigenvalue weighted by Crippen LogP contribution is 2.18. The van der Waals surface area contributed by atoms with E-state index in [0.717, 1.165) is 44.1 Å². The highest BCUT2D eigenvalue weighted by Gasteiger charge is 2.18. The standard InChI is InChI=1S/C30H41ClN8O2/c1-19(36-20(2)25(40)23-12-4-3-5-13-23)9-8-11-22-16-14-21(15-17-22)10-6-7-18-35-30(34)39-29(41)24-27(32)38-28(33)26(31)37-24/h3-5,12-17,19-20,25,36,40H,6-11,18H2,1-2H3,(H4,32,33,38)(H3,34,35,39,41)/t19-,20?,25?/m1/s1. The minimum absolute atomic E-state index is 0.0188. The molecule has 0 fully saturated rings. The number of hydrogen-bond donors (Lipinski definition) is 7. The molecule has 0 radical (unpaired) electrons. The summed E-state index contributed by atoms with van der Waals surface area (Å²) in [4.78, 5) is 19.9. The largest absolute Gasteiger partial charge is 0.387 e. The van der Waals surface area contributed by atoms with Crippen LogP contribution in [0.5, 0.6) is 0 Å². The molecule has 0 aliphatic carbocycles. The summed E-state index contributed by atoms with van der Waals surface area (Å²) >= 11 is 5.80. The first-order valence-electron chi connectivity index (χ1n) is 13.9. The molecule has 2 aromatic carbocycles. The van der Waals surface area contributed by atoms with Crippen LogP contribution in [0.3, 0.4) is 0 Å². The molecule has 1 amide bonds. The normalized spacial score (nSPS) is 13.3. The molecule has 10 nitrogen and oxygen atoms in total. The third-order valence-corrected chi connectivity index (χ3v) is 7.12. The molecule has 11 heteroatoms. The van der Waals surface area contributed by atoms with Crippen LogP contribution in [0, 0.1) is 5.41 Å².